The van der Waals surface area contributed by atoms with Crippen LogP contribution in [0, 0.1) is 50.2 Å². The summed E-state index contributed by atoms with van der Waals surface area (Å²) in [6.07, 6.45) is 15.9. The maximum atomic E-state index is 11.9. The number of hydrogen-bond donors (Lipinski definition) is 0. The third kappa shape index (κ3) is 3.21. The third-order valence-corrected chi connectivity index (χ3v) is 13.3. The van der Waals surface area contributed by atoms with Gasteiger partial charge < -0.3 is 4.74 Å². The Morgan fingerprint density at radius 3 is 2.21 bits per heavy atom. The van der Waals surface area contributed by atoms with Crippen LogP contribution in [0.4, 0.5) is 0 Å². The zero-order valence-electron chi connectivity index (χ0n) is 23.8. The molecule has 8 atom stereocenters. The fourth-order valence-corrected chi connectivity index (χ4v) is 10.9. The number of carbonyl (C=O) groups is 1. The topological polar surface area (TPSA) is 26.3 Å². The second-order valence-corrected chi connectivity index (χ2v) is 15.8. The normalized spacial score (nSPS) is 51.1. The predicted molar refractivity (Wildman–Crippen MR) is 140 cm³/mol. The fraction of sp³-hybridized carbons (Fsp3) is 0.906. The maximum Gasteiger partial charge on any atom is 0.302 e. The summed E-state index contributed by atoms with van der Waals surface area (Å²) in [5.41, 5.74) is 3.92. The van der Waals surface area contributed by atoms with Crippen molar-refractivity contribution in [3.8, 4) is 0 Å². The van der Waals surface area contributed by atoms with Crippen molar-refractivity contribution < 1.29 is 9.53 Å². The van der Waals surface area contributed by atoms with Crippen LogP contribution in [0.15, 0.2) is 11.6 Å². The molecule has 4 fully saturated rings. The van der Waals surface area contributed by atoms with E-state index in [1.807, 2.05) is 5.57 Å². The van der Waals surface area contributed by atoms with Crippen LogP contribution in [0.5, 0.6) is 0 Å². The highest BCUT2D eigenvalue weighted by Crippen LogP contribution is 2.75. The molecule has 0 saturated heterocycles. The molecule has 0 radical (unpaired) electrons. The number of allylic oxidation sites excluding steroid dienone is 2. The summed E-state index contributed by atoms with van der Waals surface area (Å²) in [6.45, 7) is 22.0. The van der Waals surface area contributed by atoms with Gasteiger partial charge in [0.05, 0.1) is 0 Å². The lowest BCUT2D eigenvalue weighted by molar-refractivity contribution is -0.211. The Hall–Kier alpha value is -0.790. The van der Waals surface area contributed by atoms with Crippen LogP contribution in [0.3, 0.4) is 0 Å². The fourth-order valence-electron chi connectivity index (χ4n) is 10.9. The van der Waals surface area contributed by atoms with Crippen molar-refractivity contribution in [3.05, 3.63) is 11.6 Å². The summed E-state index contributed by atoms with van der Waals surface area (Å²) in [6, 6.07) is 0. The summed E-state index contributed by atoms with van der Waals surface area (Å²) >= 11 is 0. The molecular weight excluding hydrogens is 416 g/mol. The number of fused-ring (bicyclic) bond motifs is 7. The molecule has 5 rings (SSSR count). The van der Waals surface area contributed by atoms with Gasteiger partial charge in [-0.05, 0) is 109 Å². The van der Waals surface area contributed by atoms with Gasteiger partial charge in [-0.2, -0.15) is 0 Å². The number of rotatable bonds is 1. The number of ether oxygens (including phenoxy) is 1. The van der Waals surface area contributed by atoms with Gasteiger partial charge in [-0.15, -0.1) is 0 Å². The van der Waals surface area contributed by atoms with Crippen LogP contribution in [-0.4, -0.2) is 12.1 Å². The predicted octanol–water partition coefficient (Wildman–Crippen LogP) is 8.74. The lowest BCUT2D eigenvalue weighted by Crippen LogP contribution is -2.64. The van der Waals surface area contributed by atoms with E-state index < -0.39 is 0 Å². The van der Waals surface area contributed by atoms with Crippen molar-refractivity contribution in [3.63, 3.8) is 0 Å². The van der Waals surface area contributed by atoms with Crippen LogP contribution >= 0.6 is 0 Å². The van der Waals surface area contributed by atoms with Crippen molar-refractivity contribution >= 4 is 5.97 Å². The summed E-state index contributed by atoms with van der Waals surface area (Å²) in [5.74, 6) is 2.01. The summed E-state index contributed by atoms with van der Waals surface area (Å²) in [5, 5.41) is 0. The lowest BCUT2D eigenvalue weighted by atomic mass is 9.33. The first-order chi connectivity index (χ1) is 15.6. The van der Waals surface area contributed by atoms with Crippen molar-refractivity contribution in [1.82, 2.24) is 0 Å². The van der Waals surface area contributed by atoms with Gasteiger partial charge in [0.1, 0.15) is 6.10 Å². The molecule has 0 bridgehead atoms. The monoisotopic (exact) mass is 468 g/mol. The van der Waals surface area contributed by atoms with E-state index in [4.69, 9.17) is 4.74 Å². The van der Waals surface area contributed by atoms with Gasteiger partial charge >= 0.3 is 5.97 Å². The molecule has 192 valence electrons. The zero-order chi connectivity index (χ0) is 24.9. The van der Waals surface area contributed by atoms with Gasteiger partial charge in [0, 0.05) is 12.3 Å². The molecule has 0 spiro atoms. The summed E-state index contributed by atoms with van der Waals surface area (Å²) in [7, 11) is 0. The minimum Gasteiger partial charge on any atom is -0.462 e. The highest BCUT2D eigenvalue weighted by molar-refractivity contribution is 5.66. The average molecular weight is 469 g/mol. The van der Waals surface area contributed by atoms with Gasteiger partial charge in [0.25, 0.3) is 0 Å². The van der Waals surface area contributed by atoms with Gasteiger partial charge in [0.15, 0.2) is 0 Å². The van der Waals surface area contributed by atoms with Crippen molar-refractivity contribution in [1.29, 1.82) is 0 Å². The molecule has 2 nitrogen and oxygen atoms in total. The molecule has 5 aliphatic rings. The molecule has 0 heterocycles. The smallest absolute Gasteiger partial charge is 0.302 e. The summed E-state index contributed by atoms with van der Waals surface area (Å²) in [4.78, 5) is 11.9. The number of esters is 1. The standard InChI is InChI=1S/C32H52O2/c1-21(33)34-26-13-14-30(7)24(28(26,4)5)12-15-32(9)25(30)11-10-22-23-20-27(2,3)16-17-29(23,6)18-19-31(22,32)8/h10,23-26H,11-20H2,1-9H3/t23-,24+,25-,26-,29+,30+,31-,32-/m1/s1. The molecule has 0 aromatic carbocycles. The van der Waals surface area contributed by atoms with Crippen LogP contribution in [0.25, 0.3) is 0 Å². The van der Waals surface area contributed by atoms with Crippen molar-refractivity contribution in [2.45, 2.75) is 133 Å². The Kier molecular flexibility index (Phi) is 5.40. The lowest BCUT2D eigenvalue weighted by Gasteiger charge is -2.71. The molecule has 0 aromatic rings. The van der Waals surface area contributed by atoms with Gasteiger partial charge in [-0.3, -0.25) is 4.79 Å². The SMILES string of the molecule is CC(=O)O[C@@H]1CC[C@]2(C)[C@H]3CC=C4[C@H]5CC(C)(C)CC[C@@]5(C)CC[C@@]4(C)[C@]3(C)CC[C@H]2C1(C)C. The van der Waals surface area contributed by atoms with Crippen LogP contribution < -0.4 is 0 Å². The average Bonchev–Trinajstić information content (AvgIpc) is 2.72. The second-order valence-electron chi connectivity index (χ2n) is 15.8. The van der Waals surface area contributed by atoms with E-state index in [0.717, 1.165) is 18.3 Å². The highest BCUT2D eigenvalue weighted by atomic mass is 16.5. The van der Waals surface area contributed by atoms with Gasteiger partial charge in [-0.25, -0.2) is 0 Å². The number of carbonyl (C=O) groups excluding carboxylic acids is 1. The molecule has 5 aliphatic carbocycles. The molecule has 0 unspecified atom stereocenters. The van der Waals surface area contributed by atoms with E-state index in [9.17, 15) is 4.79 Å². The molecule has 2 heteroatoms. The largest absolute Gasteiger partial charge is 0.462 e. The Bertz CT molecular complexity index is 897. The van der Waals surface area contributed by atoms with Gasteiger partial charge in [-0.1, -0.05) is 67.0 Å². The van der Waals surface area contributed by atoms with Crippen LogP contribution in [-0.2, 0) is 9.53 Å². The Balaban J connectivity index is 1.53. The first-order valence-corrected chi connectivity index (χ1v) is 14.5. The number of hydrogen-bond acceptors (Lipinski definition) is 2. The quantitative estimate of drug-likeness (QED) is 0.284. The zero-order valence-corrected chi connectivity index (χ0v) is 23.8. The first kappa shape index (κ1) is 24.9. The van der Waals surface area contributed by atoms with E-state index in [1.165, 1.54) is 57.8 Å². The van der Waals surface area contributed by atoms with E-state index in [0.29, 0.717) is 33.0 Å². The highest BCUT2D eigenvalue weighted by Gasteiger charge is 2.68. The Morgan fingerprint density at radius 2 is 1.53 bits per heavy atom. The molecule has 0 aliphatic heterocycles. The molecule has 0 N–H and O–H groups in total. The van der Waals surface area contributed by atoms with Crippen molar-refractivity contribution in [2.24, 2.45) is 50.2 Å². The molecular formula is C32H52O2. The van der Waals surface area contributed by atoms with Crippen LogP contribution in [0.2, 0.25) is 0 Å². The van der Waals surface area contributed by atoms with E-state index in [1.54, 1.807) is 6.92 Å². The van der Waals surface area contributed by atoms with E-state index in [2.05, 4.69) is 61.5 Å². The van der Waals surface area contributed by atoms with Gasteiger partial charge in [0.2, 0.25) is 0 Å². The van der Waals surface area contributed by atoms with Crippen LogP contribution in [0.1, 0.15) is 127 Å². The Labute approximate surface area is 210 Å². The maximum absolute atomic E-state index is 11.9. The molecule has 4 saturated carbocycles. The van der Waals surface area contributed by atoms with Crippen molar-refractivity contribution in [2.75, 3.05) is 0 Å². The summed E-state index contributed by atoms with van der Waals surface area (Å²) < 4.78 is 5.91. The molecule has 34 heavy (non-hydrogen) atoms. The van der Waals surface area contributed by atoms with E-state index >= 15 is 0 Å². The first-order valence-electron chi connectivity index (χ1n) is 14.5. The van der Waals surface area contributed by atoms with E-state index in [-0.39, 0.29) is 17.5 Å². The minimum absolute atomic E-state index is 0.0451. The minimum atomic E-state index is -0.110. The second kappa shape index (κ2) is 7.38. The molecule has 0 aromatic heterocycles. The molecule has 0 amide bonds. The third-order valence-electron chi connectivity index (χ3n) is 13.3. The Morgan fingerprint density at radius 1 is 0.853 bits per heavy atom.